The van der Waals surface area contributed by atoms with Crippen LogP contribution < -0.4 is 0 Å². The summed E-state index contributed by atoms with van der Waals surface area (Å²) in [6, 6.07) is 17.1. The number of benzene rings is 2. The van der Waals surface area contributed by atoms with Crippen LogP contribution in [0.3, 0.4) is 0 Å². The van der Waals surface area contributed by atoms with Crippen LogP contribution in [0.4, 0.5) is 0 Å². The second kappa shape index (κ2) is 6.86. The van der Waals surface area contributed by atoms with Gasteiger partial charge in [0.2, 0.25) is 0 Å². The highest BCUT2D eigenvalue weighted by atomic mass is 28.4. The smallest absolute Gasteiger partial charge is 0.478 e. The number of hydrogen-bond donors (Lipinski definition) is 0. The van der Waals surface area contributed by atoms with Gasteiger partial charge in [-0.3, -0.25) is 0 Å². The molecular formula is C17H16O4Si. The Morgan fingerprint density at radius 2 is 1.23 bits per heavy atom. The molecule has 0 aliphatic heterocycles. The van der Waals surface area contributed by atoms with Gasteiger partial charge in [-0.2, -0.15) is 0 Å². The summed E-state index contributed by atoms with van der Waals surface area (Å²) in [5.74, 6) is -1.06. The third-order valence-electron chi connectivity index (χ3n) is 2.98. The van der Waals surface area contributed by atoms with Crippen molar-refractivity contribution in [2.24, 2.45) is 0 Å². The SMILES string of the molecule is C=C[Si](C)(OC(=O)c1ccccc1)OC(=O)c1ccccc1. The topological polar surface area (TPSA) is 52.6 Å². The van der Waals surface area contributed by atoms with E-state index in [1.165, 1.54) is 5.70 Å². The maximum absolute atomic E-state index is 12.1. The molecule has 0 radical (unpaired) electrons. The van der Waals surface area contributed by atoms with Crippen LogP contribution in [0.15, 0.2) is 72.9 Å². The Balaban J connectivity index is 2.10. The van der Waals surface area contributed by atoms with Gasteiger partial charge in [-0.15, -0.1) is 6.58 Å². The lowest BCUT2D eigenvalue weighted by atomic mass is 10.2. The minimum absolute atomic E-state index is 0.402. The molecular weight excluding hydrogens is 296 g/mol. The van der Waals surface area contributed by atoms with Gasteiger partial charge in [-0.1, -0.05) is 36.4 Å². The molecule has 4 nitrogen and oxygen atoms in total. The molecule has 0 aliphatic carbocycles. The summed E-state index contributed by atoms with van der Waals surface area (Å²) in [6.45, 7) is 5.23. The van der Waals surface area contributed by atoms with Gasteiger partial charge < -0.3 is 8.85 Å². The first-order valence-electron chi connectivity index (χ1n) is 6.74. The minimum atomic E-state index is -3.15. The van der Waals surface area contributed by atoms with Gasteiger partial charge in [0.1, 0.15) is 0 Å². The van der Waals surface area contributed by atoms with Crippen LogP contribution in [-0.4, -0.2) is 20.5 Å². The molecule has 0 unspecified atom stereocenters. The molecule has 0 aliphatic rings. The van der Waals surface area contributed by atoms with Gasteiger partial charge in [0, 0.05) is 6.55 Å². The van der Waals surface area contributed by atoms with Crippen LogP contribution in [0, 0.1) is 0 Å². The van der Waals surface area contributed by atoms with Gasteiger partial charge in [0.15, 0.2) is 0 Å². The van der Waals surface area contributed by atoms with E-state index in [4.69, 9.17) is 8.85 Å². The van der Waals surface area contributed by atoms with E-state index in [9.17, 15) is 9.59 Å². The first-order valence-corrected chi connectivity index (χ1v) is 9.14. The zero-order chi connectivity index (χ0) is 16.0. The highest BCUT2D eigenvalue weighted by Crippen LogP contribution is 2.15. The Labute approximate surface area is 130 Å². The summed E-state index contributed by atoms with van der Waals surface area (Å²) in [5.41, 5.74) is 2.21. The van der Waals surface area contributed by atoms with Crippen molar-refractivity contribution < 1.29 is 18.4 Å². The summed E-state index contributed by atoms with van der Waals surface area (Å²) in [6.07, 6.45) is 0. The second-order valence-corrected chi connectivity index (χ2v) is 7.58. The Hall–Kier alpha value is -2.66. The Morgan fingerprint density at radius 1 is 0.864 bits per heavy atom. The zero-order valence-corrected chi connectivity index (χ0v) is 13.2. The Kier molecular flexibility index (Phi) is 4.90. The Morgan fingerprint density at radius 3 is 1.55 bits per heavy atom. The normalized spacial score (nSPS) is 10.6. The summed E-state index contributed by atoms with van der Waals surface area (Å²) >= 11 is 0. The lowest BCUT2D eigenvalue weighted by molar-refractivity contribution is 0.0584. The number of hydrogen-bond acceptors (Lipinski definition) is 4. The van der Waals surface area contributed by atoms with Crippen molar-refractivity contribution in [3.8, 4) is 0 Å². The fraction of sp³-hybridized carbons (Fsp3) is 0.0588. The summed E-state index contributed by atoms with van der Waals surface area (Å²) < 4.78 is 10.8. The van der Waals surface area contributed by atoms with E-state index in [2.05, 4.69) is 6.58 Å². The molecule has 0 fully saturated rings. The predicted octanol–water partition coefficient (Wildman–Crippen LogP) is 3.50. The molecule has 0 bridgehead atoms. The number of rotatable bonds is 5. The second-order valence-electron chi connectivity index (χ2n) is 4.73. The van der Waals surface area contributed by atoms with Crippen LogP contribution in [0.25, 0.3) is 0 Å². The maximum Gasteiger partial charge on any atom is 0.488 e. The van der Waals surface area contributed by atoms with Crippen molar-refractivity contribution in [3.63, 3.8) is 0 Å². The zero-order valence-electron chi connectivity index (χ0n) is 12.2. The van der Waals surface area contributed by atoms with E-state index in [-0.39, 0.29) is 0 Å². The molecule has 0 amide bonds. The van der Waals surface area contributed by atoms with E-state index in [0.717, 1.165) is 0 Å². The molecule has 2 aromatic carbocycles. The van der Waals surface area contributed by atoms with Crippen molar-refractivity contribution in [1.82, 2.24) is 0 Å². The maximum atomic E-state index is 12.1. The largest absolute Gasteiger partial charge is 0.488 e. The minimum Gasteiger partial charge on any atom is -0.478 e. The van der Waals surface area contributed by atoms with E-state index < -0.39 is 20.5 Å². The average Bonchev–Trinajstić information content (AvgIpc) is 2.56. The van der Waals surface area contributed by atoms with Crippen molar-refractivity contribution in [2.45, 2.75) is 6.55 Å². The van der Waals surface area contributed by atoms with Gasteiger partial charge in [0.05, 0.1) is 11.1 Å². The quantitative estimate of drug-likeness (QED) is 0.793. The monoisotopic (exact) mass is 312 g/mol. The predicted molar refractivity (Wildman–Crippen MR) is 85.5 cm³/mol. The van der Waals surface area contributed by atoms with E-state index in [1.54, 1.807) is 67.2 Å². The van der Waals surface area contributed by atoms with Crippen LogP contribution >= 0.6 is 0 Å². The number of carbonyl (C=O) groups excluding carboxylic acids is 2. The van der Waals surface area contributed by atoms with Crippen LogP contribution in [0.5, 0.6) is 0 Å². The highest BCUT2D eigenvalue weighted by molar-refractivity contribution is 6.74. The highest BCUT2D eigenvalue weighted by Gasteiger charge is 2.37. The molecule has 0 heterocycles. The number of carbonyl (C=O) groups is 2. The fourth-order valence-electron chi connectivity index (χ4n) is 1.74. The van der Waals surface area contributed by atoms with Crippen molar-refractivity contribution in [1.29, 1.82) is 0 Å². The summed E-state index contributed by atoms with van der Waals surface area (Å²) in [5, 5.41) is 0. The molecule has 22 heavy (non-hydrogen) atoms. The molecule has 0 spiro atoms. The van der Waals surface area contributed by atoms with Gasteiger partial charge in [-0.05, 0) is 30.0 Å². The van der Waals surface area contributed by atoms with Crippen LogP contribution in [0.2, 0.25) is 6.55 Å². The molecule has 0 saturated carbocycles. The molecule has 5 heteroatoms. The van der Waals surface area contributed by atoms with E-state index >= 15 is 0 Å². The average molecular weight is 312 g/mol. The standard InChI is InChI=1S/C17H16O4Si/c1-3-22(2,20-16(18)14-10-6-4-7-11-14)21-17(19)15-12-8-5-9-13-15/h3-13H,1H2,2H3. The fourth-order valence-corrected chi connectivity index (χ4v) is 2.92. The molecule has 2 aromatic rings. The molecule has 0 N–H and O–H groups in total. The molecule has 0 saturated heterocycles. The van der Waals surface area contributed by atoms with Crippen LogP contribution in [0.1, 0.15) is 20.7 Å². The van der Waals surface area contributed by atoms with Gasteiger partial charge >= 0.3 is 20.5 Å². The summed E-state index contributed by atoms with van der Waals surface area (Å²) in [4.78, 5) is 24.2. The van der Waals surface area contributed by atoms with Crippen molar-refractivity contribution in [2.75, 3.05) is 0 Å². The first kappa shape index (κ1) is 15.7. The van der Waals surface area contributed by atoms with E-state index in [1.807, 2.05) is 0 Å². The third kappa shape index (κ3) is 3.92. The van der Waals surface area contributed by atoms with Gasteiger partial charge in [0.25, 0.3) is 0 Å². The lowest BCUT2D eigenvalue weighted by Gasteiger charge is -2.22. The van der Waals surface area contributed by atoms with Gasteiger partial charge in [-0.25, -0.2) is 9.59 Å². The summed E-state index contributed by atoms with van der Waals surface area (Å²) in [7, 11) is -3.15. The first-order chi connectivity index (χ1) is 10.5. The van der Waals surface area contributed by atoms with Crippen molar-refractivity contribution >= 4 is 20.5 Å². The molecule has 0 atom stereocenters. The molecule has 112 valence electrons. The van der Waals surface area contributed by atoms with Crippen LogP contribution in [-0.2, 0) is 8.85 Å². The Bertz CT molecular complexity index is 614. The van der Waals surface area contributed by atoms with E-state index in [0.29, 0.717) is 11.1 Å². The van der Waals surface area contributed by atoms with Crippen molar-refractivity contribution in [3.05, 3.63) is 84.1 Å². The lowest BCUT2D eigenvalue weighted by Crippen LogP contribution is -2.41. The molecule has 0 aromatic heterocycles. The third-order valence-corrected chi connectivity index (χ3v) is 4.90. The molecule has 2 rings (SSSR count).